The van der Waals surface area contributed by atoms with Crippen LogP contribution in [0.2, 0.25) is 0 Å². The summed E-state index contributed by atoms with van der Waals surface area (Å²) >= 11 is 0. The molecule has 3 aromatic carbocycles. The van der Waals surface area contributed by atoms with Crippen LogP contribution >= 0.6 is 0 Å². The van der Waals surface area contributed by atoms with Crippen LogP contribution in [-0.2, 0) is 18.5 Å². The van der Waals surface area contributed by atoms with Gasteiger partial charge in [0.2, 0.25) is 0 Å². The van der Waals surface area contributed by atoms with Gasteiger partial charge in [-0.3, -0.25) is 4.79 Å². The molecule has 0 bridgehead atoms. The standard InChI is InChI=1S/C25H26FN3O/c1-25(2)16-27-15-18-13-20(11-12-22(18)25)29-24(30)21-5-3-4-6-23(21)28-14-17-7-9-19(26)10-8-17/h3-13,27-28H,14-16H2,1-2H3,(H,29,30). The molecule has 0 fully saturated rings. The SMILES string of the molecule is CC1(C)CNCc2cc(NC(=O)c3ccccc3NCc3ccc(F)cc3)ccc21. The van der Waals surface area contributed by atoms with E-state index in [1.807, 2.05) is 24.3 Å². The second kappa shape index (κ2) is 8.28. The first-order chi connectivity index (χ1) is 14.4. The highest BCUT2D eigenvalue weighted by Gasteiger charge is 2.27. The van der Waals surface area contributed by atoms with E-state index in [-0.39, 0.29) is 17.1 Å². The molecule has 0 spiro atoms. The molecule has 30 heavy (non-hydrogen) atoms. The third-order valence-electron chi connectivity index (χ3n) is 5.54. The topological polar surface area (TPSA) is 53.2 Å². The molecule has 0 aromatic heterocycles. The molecule has 0 aliphatic carbocycles. The largest absolute Gasteiger partial charge is 0.380 e. The number of carbonyl (C=O) groups excluding carboxylic acids is 1. The Morgan fingerprint density at radius 3 is 2.63 bits per heavy atom. The van der Waals surface area contributed by atoms with E-state index in [1.165, 1.54) is 23.3 Å². The van der Waals surface area contributed by atoms with Gasteiger partial charge in [-0.25, -0.2) is 4.39 Å². The predicted octanol–water partition coefficient (Wildman–Crippen LogP) is 5.07. The van der Waals surface area contributed by atoms with Gasteiger partial charge >= 0.3 is 0 Å². The zero-order valence-corrected chi connectivity index (χ0v) is 17.3. The van der Waals surface area contributed by atoms with Crippen molar-refractivity contribution in [1.29, 1.82) is 0 Å². The molecule has 4 nitrogen and oxygen atoms in total. The number of rotatable bonds is 5. The number of para-hydroxylation sites is 1. The van der Waals surface area contributed by atoms with Crippen molar-refractivity contribution in [1.82, 2.24) is 5.32 Å². The van der Waals surface area contributed by atoms with Gasteiger partial charge in [-0.1, -0.05) is 44.2 Å². The summed E-state index contributed by atoms with van der Waals surface area (Å²) < 4.78 is 13.1. The highest BCUT2D eigenvalue weighted by Crippen LogP contribution is 2.31. The summed E-state index contributed by atoms with van der Waals surface area (Å²) in [5.74, 6) is -0.428. The van der Waals surface area contributed by atoms with Gasteiger partial charge in [0.15, 0.2) is 0 Å². The molecule has 3 aromatic rings. The number of amides is 1. The Morgan fingerprint density at radius 2 is 1.83 bits per heavy atom. The summed E-state index contributed by atoms with van der Waals surface area (Å²) in [5.41, 5.74) is 5.64. The second-order valence-electron chi connectivity index (χ2n) is 8.34. The summed E-state index contributed by atoms with van der Waals surface area (Å²) in [6.45, 7) is 6.69. The first kappa shape index (κ1) is 20.1. The Hall–Kier alpha value is -3.18. The van der Waals surface area contributed by atoms with E-state index in [0.717, 1.165) is 30.0 Å². The predicted molar refractivity (Wildman–Crippen MR) is 119 cm³/mol. The lowest BCUT2D eigenvalue weighted by molar-refractivity contribution is 0.102. The van der Waals surface area contributed by atoms with E-state index < -0.39 is 0 Å². The van der Waals surface area contributed by atoms with Crippen LogP contribution < -0.4 is 16.0 Å². The molecule has 0 saturated carbocycles. The van der Waals surface area contributed by atoms with Crippen molar-refractivity contribution in [3.8, 4) is 0 Å². The van der Waals surface area contributed by atoms with Crippen LogP contribution in [0.15, 0.2) is 66.7 Å². The zero-order valence-electron chi connectivity index (χ0n) is 17.3. The van der Waals surface area contributed by atoms with E-state index in [2.05, 4.69) is 41.9 Å². The van der Waals surface area contributed by atoms with Crippen LogP contribution in [-0.4, -0.2) is 12.5 Å². The fraction of sp³-hybridized carbons (Fsp3) is 0.240. The Labute approximate surface area is 176 Å². The molecule has 1 heterocycles. The molecule has 1 aliphatic rings. The van der Waals surface area contributed by atoms with Crippen LogP contribution in [0.4, 0.5) is 15.8 Å². The van der Waals surface area contributed by atoms with Gasteiger partial charge in [0.05, 0.1) is 5.56 Å². The van der Waals surface area contributed by atoms with Crippen molar-refractivity contribution in [2.24, 2.45) is 0 Å². The first-order valence-electron chi connectivity index (χ1n) is 10.2. The summed E-state index contributed by atoms with van der Waals surface area (Å²) in [4.78, 5) is 13.0. The molecule has 1 aliphatic heterocycles. The first-order valence-corrected chi connectivity index (χ1v) is 10.2. The van der Waals surface area contributed by atoms with E-state index in [4.69, 9.17) is 0 Å². The number of benzene rings is 3. The second-order valence-corrected chi connectivity index (χ2v) is 8.34. The van der Waals surface area contributed by atoms with Gasteiger partial charge in [-0.2, -0.15) is 0 Å². The Balaban J connectivity index is 1.49. The fourth-order valence-corrected chi connectivity index (χ4v) is 3.92. The van der Waals surface area contributed by atoms with Gasteiger partial charge in [0, 0.05) is 36.4 Å². The quantitative estimate of drug-likeness (QED) is 0.557. The van der Waals surface area contributed by atoms with Crippen LogP contribution in [0.25, 0.3) is 0 Å². The molecule has 154 valence electrons. The molecule has 0 unspecified atom stereocenters. The van der Waals surface area contributed by atoms with Crippen LogP contribution in [0.3, 0.4) is 0 Å². The number of carbonyl (C=O) groups is 1. The van der Waals surface area contributed by atoms with Gasteiger partial charge in [0.25, 0.3) is 5.91 Å². The number of hydrogen-bond donors (Lipinski definition) is 3. The molecule has 0 atom stereocenters. The summed E-state index contributed by atoms with van der Waals surface area (Å²) in [6.07, 6.45) is 0. The minimum Gasteiger partial charge on any atom is -0.380 e. The monoisotopic (exact) mass is 403 g/mol. The molecule has 1 amide bonds. The van der Waals surface area contributed by atoms with Crippen molar-refractivity contribution >= 4 is 17.3 Å². The molecule has 5 heteroatoms. The summed E-state index contributed by atoms with van der Waals surface area (Å²) in [5, 5.41) is 9.75. The lowest BCUT2D eigenvalue weighted by Crippen LogP contribution is -2.38. The Morgan fingerprint density at radius 1 is 1.07 bits per heavy atom. The van der Waals surface area contributed by atoms with Gasteiger partial charge in [0.1, 0.15) is 5.82 Å². The average molecular weight is 404 g/mol. The van der Waals surface area contributed by atoms with Crippen LogP contribution in [0.5, 0.6) is 0 Å². The molecule has 0 saturated heterocycles. The molecular formula is C25H26FN3O. The van der Waals surface area contributed by atoms with Crippen molar-refractivity contribution in [3.63, 3.8) is 0 Å². The van der Waals surface area contributed by atoms with Crippen molar-refractivity contribution in [3.05, 3.63) is 94.8 Å². The maximum Gasteiger partial charge on any atom is 0.257 e. The van der Waals surface area contributed by atoms with E-state index in [9.17, 15) is 9.18 Å². The van der Waals surface area contributed by atoms with Gasteiger partial charge in [-0.05, 0) is 53.1 Å². The minimum absolute atomic E-state index is 0.0764. The number of halogens is 1. The van der Waals surface area contributed by atoms with Crippen molar-refractivity contribution in [2.75, 3.05) is 17.2 Å². The zero-order chi connectivity index (χ0) is 21.1. The Bertz CT molecular complexity index is 1060. The lowest BCUT2D eigenvalue weighted by atomic mass is 9.79. The van der Waals surface area contributed by atoms with E-state index >= 15 is 0 Å². The van der Waals surface area contributed by atoms with Crippen LogP contribution in [0, 0.1) is 5.82 Å². The third-order valence-corrected chi connectivity index (χ3v) is 5.54. The highest BCUT2D eigenvalue weighted by molar-refractivity contribution is 6.08. The molecular weight excluding hydrogens is 377 g/mol. The fourth-order valence-electron chi connectivity index (χ4n) is 3.92. The summed E-state index contributed by atoms with van der Waals surface area (Å²) in [7, 11) is 0. The average Bonchev–Trinajstić information content (AvgIpc) is 2.73. The van der Waals surface area contributed by atoms with E-state index in [0.29, 0.717) is 12.1 Å². The third kappa shape index (κ3) is 4.36. The lowest BCUT2D eigenvalue weighted by Gasteiger charge is -2.33. The van der Waals surface area contributed by atoms with Crippen LogP contribution in [0.1, 0.15) is 40.9 Å². The normalized spacial score (nSPS) is 14.6. The number of anilines is 2. The maximum absolute atomic E-state index is 13.1. The number of hydrogen-bond acceptors (Lipinski definition) is 3. The Kier molecular flexibility index (Phi) is 5.55. The van der Waals surface area contributed by atoms with Gasteiger partial charge in [-0.15, -0.1) is 0 Å². The smallest absolute Gasteiger partial charge is 0.257 e. The van der Waals surface area contributed by atoms with Gasteiger partial charge < -0.3 is 16.0 Å². The molecule has 3 N–H and O–H groups in total. The summed E-state index contributed by atoms with van der Waals surface area (Å²) in [6, 6.07) is 19.9. The van der Waals surface area contributed by atoms with E-state index in [1.54, 1.807) is 18.2 Å². The minimum atomic E-state index is -0.262. The number of nitrogens with one attached hydrogen (secondary N) is 3. The van der Waals surface area contributed by atoms with Crippen molar-refractivity contribution < 1.29 is 9.18 Å². The maximum atomic E-state index is 13.1. The highest BCUT2D eigenvalue weighted by atomic mass is 19.1. The van der Waals surface area contributed by atoms with Crippen molar-refractivity contribution in [2.45, 2.75) is 32.4 Å². The molecule has 0 radical (unpaired) electrons. The number of fused-ring (bicyclic) bond motifs is 1. The molecule has 4 rings (SSSR count).